The smallest absolute Gasteiger partial charge is 0.0383 e. The van der Waals surface area contributed by atoms with Crippen molar-refractivity contribution in [3.8, 4) is 0 Å². The minimum Gasteiger partial charge on any atom is -0.0625 e. The molecule has 0 amide bonds. The van der Waals surface area contributed by atoms with Gasteiger partial charge in [-0.15, -0.1) is 0 Å². The van der Waals surface area contributed by atoms with Gasteiger partial charge in [0.25, 0.3) is 0 Å². The Hall–Kier alpha value is 0. The highest BCUT2D eigenvalue weighted by atomic mass is 14.4. The SMILES string of the molecule is CC(C)C1CCC(C2CCC3CCCCC3C2)CC1. The fourth-order valence-electron chi connectivity index (χ4n) is 5.62. The average molecular weight is 262 g/mol. The van der Waals surface area contributed by atoms with Gasteiger partial charge in [0.2, 0.25) is 0 Å². The molecule has 0 saturated heterocycles. The van der Waals surface area contributed by atoms with Crippen molar-refractivity contribution < 1.29 is 0 Å². The summed E-state index contributed by atoms with van der Waals surface area (Å²) in [5.41, 5.74) is 0. The van der Waals surface area contributed by atoms with Gasteiger partial charge in [0.1, 0.15) is 0 Å². The highest BCUT2D eigenvalue weighted by Crippen LogP contribution is 2.48. The Bertz CT molecular complexity index is 272. The Morgan fingerprint density at radius 1 is 0.579 bits per heavy atom. The largest absolute Gasteiger partial charge is 0.0625 e. The zero-order valence-electron chi connectivity index (χ0n) is 13.2. The predicted molar refractivity (Wildman–Crippen MR) is 83.1 cm³/mol. The Labute approximate surface area is 120 Å². The van der Waals surface area contributed by atoms with Crippen molar-refractivity contribution in [2.24, 2.45) is 35.5 Å². The zero-order chi connectivity index (χ0) is 13.2. The van der Waals surface area contributed by atoms with E-state index in [-0.39, 0.29) is 0 Å². The van der Waals surface area contributed by atoms with E-state index in [0.717, 1.165) is 35.5 Å². The van der Waals surface area contributed by atoms with Crippen LogP contribution in [0.3, 0.4) is 0 Å². The third-order valence-corrected chi connectivity index (χ3v) is 7.01. The van der Waals surface area contributed by atoms with Crippen LogP contribution >= 0.6 is 0 Å². The Morgan fingerprint density at radius 3 is 1.74 bits per heavy atom. The molecular weight excluding hydrogens is 228 g/mol. The molecular formula is C19H34. The van der Waals surface area contributed by atoms with Crippen molar-refractivity contribution in [2.75, 3.05) is 0 Å². The van der Waals surface area contributed by atoms with Gasteiger partial charge in [-0.3, -0.25) is 0 Å². The summed E-state index contributed by atoms with van der Waals surface area (Å²) in [5, 5.41) is 0. The van der Waals surface area contributed by atoms with E-state index >= 15 is 0 Å². The summed E-state index contributed by atoms with van der Waals surface area (Å²) < 4.78 is 0. The van der Waals surface area contributed by atoms with Crippen LogP contribution in [0, 0.1) is 35.5 Å². The fourth-order valence-corrected chi connectivity index (χ4v) is 5.62. The first-order chi connectivity index (χ1) is 9.24. The first-order valence-corrected chi connectivity index (χ1v) is 9.24. The maximum absolute atomic E-state index is 2.43. The van der Waals surface area contributed by atoms with Gasteiger partial charge in [-0.05, 0) is 80.5 Å². The van der Waals surface area contributed by atoms with Crippen LogP contribution in [0.2, 0.25) is 0 Å². The predicted octanol–water partition coefficient (Wildman–Crippen LogP) is 6.06. The van der Waals surface area contributed by atoms with Gasteiger partial charge >= 0.3 is 0 Å². The molecule has 3 unspecified atom stereocenters. The second kappa shape index (κ2) is 6.19. The van der Waals surface area contributed by atoms with Gasteiger partial charge in [-0.2, -0.15) is 0 Å². The van der Waals surface area contributed by atoms with E-state index in [1.165, 1.54) is 25.7 Å². The first kappa shape index (κ1) is 14.0. The van der Waals surface area contributed by atoms with Crippen LogP contribution in [-0.2, 0) is 0 Å². The molecule has 3 aliphatic rings. The van der Waals surface area contributed by atoms with Crippen molar-refractivity contribution >= 4 is 0 Å². The van der Waals surface area contributed by atoms with Crippen molar-refractivity contribution in [1.82, 2.24) is 0 Å². The summed E-state index contributed by atoms with van der Waals surface area (Å²) in [6, 6.07) is 0. The minimum atomic E-state index is 0.926. The lowest BCUT2D eigenvalue weighted by molar-refractivity contribution is 0.0737. The number of hydrogen-bond acceptors (Lipinski definition) is 0. The quantitative estimate of drug-likeness (QED) is 0.568. The lowest BCUT2D eigenvalue weighted by Crippen LogP contribution is -2.33. The molecule has 0 heteroatoms. The van der Waals surface area contributed by atoms with E-state index in [2.05, 4.69) is 13.8 Å². The Balaban J connectivity index is 1.50. The number of hydrogen-bond donors (Lipinski definition) is 0. The molecule has 0 aromatic heterocycles. The van der Waals surface area contributed by atoms with Crippen LogP contribution in [0.4, 0.5) is 0 Å². The molecule has 0 spiro atoms. The van der Waals surface area contributed by atoms with Gasteiger partial charge in [-0.1, -0.05) is 39.5 Å². The van der Waals surface area contributed by atoms with Crippen molar-refractivity contribution in [3.05, 3.63) is 0 Å². The molecule has 19 heavy (non-hydrogen) atoms. The molecule has 3 aliphatic carbocycles. The van der Waals surface area contributed by atoms with Crippen LogP contribution in [0.1, 0.15) is 84.5 Å². The van der Waals surface area contributed by atoms with Gasteiger partial charge in [0.05, 0.1) is 0 Å². The second-order valence-electron chi connectivity index (χ2n) is 8.30. The van der Waals surface area contributed by atoms with E-state index in [4.69, 9.17) is 0 Å². The maximum atomic E-state index is 2.43. The summed E-state index contributed by atoms with van der Waals surface area (Å²) in [6.45, 7) is 4.86. The lowest BCUT2D eigenvalue weighted by atomic mass is 9.62. The van der Waals surface area contributed by atoms with Crippen molar-refractivity contribution in [3.63, 3.8) is 0 Å². The van der Waals surface area contributed by atoms with Crippen LogP contribution < -0.4 is 0 Å². The number of rotatable bonds is 2. The first-order valence-electron chi connectivity index (χ1n) is 9.24. The van der Waals surface area contributed by atoms with Crippen molar-refractivity contribution in [1.29, 1.82) is 0 Å². The van der Waals surface area contributed by atoms with Gasteiger partial charge < -0.3 is 0 Å². The monoisotopic (exact) mass is 262 g/mol. The molecule has 0 radical (unpaired) electrons. The molecule has 3 saturated carbocycles. The Kier molecular flexibility index (Phi) is 4.54. The topological polar surface area (TPSA) is 0 Å². The molecule has 0 bridgehead atoms. The van der Waals surface area contributed by atoms with E-state index < -0.39 is 0 Å². The fraction of sp³-hybridized carbons (Fsp3) is 1.00. The molecule has 3 rings (SSSR count). The van der Waals surface area contributed by atoms with E-state index in [1.54, 1.807) is 44.9 Å². The molecule has 110 valence electrons. The number of fused-ring (bicyclic) bond motifs is 1. The molecule has 3 fully saturated rings. The highest BCUT2D eigenvalue weighted by Gasteiger charge is 2.36. The molecule has 0 aromatic carbocycles. The minimum absolute atomic E-state index is 0.926. The highest BCUT2D eigenvalue weighted by molar-refractivity contribution is 4.87. The van der Waals surface area contributed by atoms with Gasteiger partial charge in [0.15, 0.2) is 0 Å². The van der Waals surface area contributed by atoms with E-state index in [1.807, 2.05) is 0 Å². The van der Waals surface area contributed by atoms with Crippen LogP contribution in [0.25, 0.3) is 0 Å². The third kappa shape index (κ3) is 3.19. The maximum Gasteiger partial charge on any atom is -0.0383 e. The average Bonchev–Trinajstić information content (AvgIpc) is 2.47. The third-order valence-electron chi connectivity index (χ3n) is 7.01. The molecule has 0 aromatic rings. The molecule has 0 N–H and O–H groups in total. The zero-order valence-corrected chi connectivity index (χ0v) is 13.2. The lowest BCUT2D eigenvalue weighted by Gasteiger charge is -2.44. The van der Waals surface area contributed by atoms with Crippen molar-refractivity contribution in [2.45, 2.75) is 84.5 Å². The molecule has 0 aliphatic heterocycles. The molecule has 0 nitrogen and oxygen atoms in total. The standard InChI is InChI=1S/C19H34/c1-14(2)15-7-9-17(10-8-15)19-12-11-16-5-3-4-6-18(16)13-19/h14-19H,3-13H2,1-2H3. The van der Waals surface area contributed by atoms with Crippen LogP contribution in [0.5, 0.6) is 0 Å². The second-order valence-corrected chi connectivity index (χ2v) is 8.30. The summed E-state index contributed by atoms with van der Waals surface area (Å²) in [4.78, 5) is 0. The Morgan fingerprint density at radius 2 is 1.05 bits per heavy atom. The summed E-state index contributed by atoms with van der Waals surface area (Å²) >= 11 is 0. The summed E-state index contributed by atoms with van der Waals surface area (Å²) in [6.07, 6.45) is 17.2. The van der Waals surface area contributed by atoms with Crippen LogP contribution in [-0.4, -0.2) is 0 Å². The van der Waals surface area contributed by atoms with E-state index in [0.29, 0.717) is 0 Å². The molecule has 0 heterocycles. The summed E-state index contributed by atoms with van der Waals surface area (Å²) in [5.74, 6) is 6.47. The van der Waals surface area contributed by atoms with Crippen LogP contribution in [0.15, 0.2) is 0 Å². The molecule has 3 atom stereocenters. The summed E-state index contributed by atoms with van der Waals surface area (Å²) in [7, 11) is 0. The van der Waals surface area contributed by atoms with E-state index in [9.17, 15) is 0 Å². The van der Waals surface area contributed by atoms with Gasteiger partial charge in [0, 0.05) is 0 Å². The van der Waals surface area contributed by atoms with Gasteiger partial charge in [-0.25, -0.2) is 0 Å². The normalized spacial score (nSPS) is 44.1.